The number of aromatic nitrogens is 2. The Labute approximate surface area is 157 Å². The Morgan fingerprint density at radius 3 is 2.68 bits per heavy atom. The number of rotatable bonds is 4. The topological polar surface area (TPSA) is 40.7 Å². The van der Waals surface area contributed by atoms with Crippen LogP contribution >= 0.6 is 23.2 Å². The summed E-state index contributed by atoms with van der Waals surface area (Å²) in [6, 6.07) is 14.4. The van der Waals surface area contributed by atoms with Gasteiger partial charge in [0.05, 0.1) is 11.0 Å². The van der Waals surface area contributed by atoms with Crippen molar-refractivity contribution in [1.29, 1.82) is 0 Å². The van der Waals surface area contributed by atoms with E-state index in [2.05, 4.69) is 22.4 Å². The summed E-state index contributed by atoms with van der Waals surface area (Å²) in [5, 5.41) is 5.04. The number of para-hydroxylation sites is 2. The zero-order chi connectivity index (χ0) is 17.2. The highest BCUT2D eigenvalue weighted by atomic mass is 35.5. The second kappa shape index (κ2) is 7.36. The smallest absolute Gasteiger partial charge is 0.110 e. The fourth-order valence-electron chi connectivity index (χ4n) is 3.76. The van der Waals surface area contributed by atoms with Crippen LogP contribution in [0.25, 0.3) is 11.0 Å². The van der Waals surface area contributed by atoms with Crippen LogP contribution in [-0.4, -0.2) is 16.0 Å². The van der Waals surface area contributed by atoms with E-state index in [9.17, 15) is 0 Å². The van der Waals surface area contributed by atoms with Gasteiger partial charge < -0.3 is 10.3 Å². The van der Waals surface area contributed by atoms with E-state index < -0.39 is 0 Å². The first-order valence-electron chi connectivity index (χ1n) is 8.80. The first-order valence-corrected chi connectivity index (χ1v) is 9.56. The zero-order valence-corrected chi connectivity index (χ0v) is 15.4. The van der Waals surface area contributed by atoms with Crippen molar-refractivity contribution in [3.05, 3.63) is 63.9 Å². The second-order valence-electron chi connectivity index (χ2n) is 6.86. The van der Waals surface area contributed by atoms with Gasteiger partial charge in [-0.2, -0.15) is 0 Å². The number of hydrogen-bond donors (Lipinski definition) is 2. The number of nitrogens with zero attached hydrogens (tertiary/aromatic N) is 1. The number of fused-ring (bicyclic) bond motifs is 1. The van der Waals surface area contributed by atoms with Crippen LogP contribution in [0, 0.1) is 0 Å². The molecule has 2 atom stereocenters. The maximum absolute atomic E-state index is 6.09. The van der Waals surface area contributed by atoms with Gasteiger partial charge in [0, 0.05) is 28.5 Å². The lowest BCUT2D eigenvalue weighted by Crippen LogP contribution is -2.33. The molecule has 0 bridgehead atoms. The molecule has 5 heteroatoms. The summed E-state index contributed by atoms with van der Waals surface area (Å²) in [5.41, 5.74) is 3.31. The van der Waals surface area contributed by atoms with E-state index in [0.717, 1.165) is 35.4 Å². The Kier molecular flexibility index (Phi) is 4.98. The highest BCUT2D eigenvalue weighted by molar-refractivity contribution is 6.34. The van der Waals surface area contributed by atoms with Crippen LogP contribution in [0.5, 0.6) is 0 Å². The van der Waals surface area contributed by atoms with E-state index in [0.29, 0.717) is 22.0 Å². The molecule has 0 aliphatic heterocycles. The lowest BCUT2D eigenvalue weighted by molar-refractivity contribution is 0.332. The number of aromatic amines is 1. The standard InChI is InChI=1S/C20H21Cl2N3/c21-15-8-13(9-16(22)11-15)12-23-17-5-3-4-14(10-17)20-24-18-6-1-2-7-19(18)25-20/h1-2,6-9,11,14,17,23H,3-5,10,12H2,(H,24,25). The SMILES string of the molecule is Clc1cc(Cl)cc(CNC2CCCC(c3nc4ccccc4[nH]3)C2)c1. The Morgan fingerprint density at radius 1 is 1.08 bits per heavy atom. The van der Waals surface area contributed by atoms with E-state index >= 15 is 0 Å². The van der Waals surface area contributed by atoms with Crippen LogP contribution in [0.4, 0.5) is 0 Å². The van der Waals surface area contributed by atoms with Gasteiger partial charge in [-0.05, 0) is 55.2 Å². The minimum absolute atomic E-state index is 0.488. The number of H-pyrrole nitrogens is 1. The van der Waals surface area contributed by atoms with Crippen molar-refractivity contribution in [2.45, 2.75) is 44.2 Å². The molecule has 1 aliphatic rings. The molecule has 0 saturated heterocycles. The second-order valence-corrected chi connectivity index (χ2v) is 7.73. The van der Waals surface area contributed by atoms with Crippen molar-refractivity contribution < 1.29 is 0 Å². The van der Waals surface area contributed by atoms with E-state index in [1.54, 1.807) is 6.07 Å². The van der Waals surface area contributed by atoms with Crippen LogP contribution in [-0.2, 0) is 6.54 Å². The average molecular weight is 374 g/mol. The van der Waals surface area contributed by atoms with E-state index in [-0.39, 0.29) is 0 Å². The summed E-state index contributed by atoms with van der Waals surface area (Å²) in [6.07, 6.45) is 4.72. The molecule has 3 nitrogen and oxygen atoms in total. The molecule has 1 heterocycles. The van der Waals surface area contributed by atoms with Crippen LogP contribution in [0.3, 0.4) is 0 Å². The Bertz CT molecular complexity index is 821. The quantitative estimate of drug-likeness (QED) is 0.616. The van der Waals surface area contributed by atoms with Gasteiger partial charge in [-0.15, -0.1) is 0 Å². The highest BCUT2D eigenvalue weighted by Crippen LogP contribution is 2.32. The lowest BCUT2D eigenvalue weighted by atomic mass is 9.85. The third-order valence-electron chi connectivity index (χ3n) is 4.99. The third kappa shape index (κ3) is 4.00. The number of halogens is 2. The van der Waals surface area contributed by atoms with Crippen molar-refractivity contribution >= 4 is 34.2 Å². The number of hydrogen-bond acceptors (Lipinski definition) is 2. The van der Waals surface area contributed by atoms with Crippen LogP contribution < -0.4 is 5.32 Å². The minimum atomic E-state index is 0.488. The average Bonchev–Trinajstić information content (AvgIpc) is 3.04. The normalized spacial score (nSPS) is 20.9. The number of nitrogens with one attached hydrogen (secondary N) is 2. The van der Waals surface area contributed by atoms with Gasteiger partial charge >= 0.3 is 0 Å². The van der Waals surface area contributed by atoms with Crippen molar-refractivity contribution in [3.8, 4) is 0 Å². The van der Waals surface area contributed by atoms with Crippen molar-refractivity contribution in [2.75, 3.05) is 0 Å². The monoisotopic (exact) mass is 373 g/mol. The molecule has 1 fully saturated rings. The number of imidazole rings is 1. The molecule has 3 aromatic rings. The molecular formula is C20H21Cl2N3. The van der Waals surface area contributed by atoms with Crippen molar-refractivity contribution in [2.24, 2.45) is 0 Å². The molecule has 4 rings (SSSR count). The minimum Gasteiger partial charge on any atom is -0.342 e. The van der Waals surface area contributed by atoms with Gasteiger partial charge in [0.2, 0.25) is 0 Å². The molecule has 0 amide bonds. The van der Waals surface area contributed by atoms with E-state index in [4.69, 9.17) is 28.2 Å². The Morgan fingerprint density at radius 2 is 1.88 bits per heavy atom. The van der Waals surface area contributed by atoms with Gasteiger partial charge in [0.25, 0.3) is 0 Å². The maximum Gasteiger partial charge on any atom is 0.110 e. The first-order chi connectivity index (χ1) is 12.2. The predicted octanol–water partition coefficient (Wildman–Crippen LogP) is 5.69. The van der Waals surface area contributed by atoms with Crippen molar-refractivity contribution in [3.63, 3.8) is 0 Å². The molecule has 25 heavy (non-hydrogen) atoms. The third-order valence-corrected chi connectivity index (χ3v) is 5.42. The maximum atomic E-state index is 6.09. The summed E-state index contributed by atoms with van der Waals surface area (Å²) in [4.78, 5) is 8.29. The molecule has 2 aromatic carbocycles. The van der Waals surface area contributed by atoms with Gasteiger partial charge in [-0.3, -0.25) is 0 Å². The summed E-state index contributed by atoms with van der Waals surface area (Å²) >= 11 is 12.2. The van der Waals surface area contributed by atoms with Gasteiger partial charge in [0.15, 0.2) is 0 Å². The van der Waals surface area contributed by atoms with Crippen molar-refractivity contribution in [1.82, 2.24) is 15.3 Å². The molecule has 1 aromatic heterocycles. The van der Waals surface area contributed by atoms with Gasteiger partial charge in [0.1, 0.15) is 5.82 Å². The first kappa shape index (κ1) is 16.9. The fourth-order valence-corrected chi connectivity index (χ4v) is 4.34. The zero-order valence-electron chi connectivity index (χ0n) is 13.9. The summed E-state index contributed by atoms with van der Waals surface area (Å²) in [7, 11) is 0. The molecular weight excluding hydrogens is 353 g/mol. The van der Waals surface area contributed by atoms with Crippen LogP contribution in [0.15, 0.2) is 42.5 Å². The van der Waals surface area contributed by atoms with E-state index in [1.807, 2.05) is 24.3 Å². The lowest BCUT2D eigenvalue weighted by Gasteiger charge is -2.29. The molecule has 0 radical (unpaired) electrons. The van der Waals surface area contributed by atoms with Crippen LogP contribution in [0.1, 0.15) is 43.0 Å². The Balaban J connectivity index is 1.42. The summed E-state index contributed by atoms with van der Waals surface area (Å²) in [6.45, 7) is 0.789. The highest BCUT2D eigenvalue weighted by Gasteiger charge is 2.25. The van der Waals surface area contributed by atoms with Crippen LogP contribution in [0.2, 0.25) is 10.0 Å². The molecule has 1 saturated carbocycles. The molecule has 130 valence electrons. The Hall–Kier alpha value is -1.55. The molecule has 0 spiro atoms. The number of benzene rings is 2. The largest absolute Gasteiger partial charge is 0.342 e. The molecule has 2 N–H and O–H groups in total. The summed E-state index contributed by atoms with van der Waals surface area (Å²) in [5.74, 6) is 1.61. The molecule has 1 aliphatic carbocycles. The molecule has 2 unspecified atom stereocenters. The fraction of sp³-hybridized carbons (Fsp3) is 0.350. The van der Waals surface area contributed by atoms with Gasteiger partial charge in [-0.1, -0.05) is 41.8 Å². The predicted molar refractivity (Wildman–Crippen MR) is 104 cm³/mol. The summed E-state index contributed by atoms with van der Waals surface area (Å²) < 4.78 is 0. The van der Waals surface area contributed by atoms with Gasteiger partial charge in [-0.25, -0.2) is 4.98 Å². The van der Waals surface area contributed by atoms with E-state index in [1.165, 1.54) is 19.3 Å².